The van der Waals surface area contributed by atoms with E-state index in [-0.39, 0.29) is 5.75 Å². The van der Waals surface area contributed by atoms with Crippen LogP contribution in [0.1, 0.15) is 37.0 Å². The molecule has 5 heteroatoms. The minimum Gasteiger partial charge on any atom is -0.493 e. The molecule has 0 aliphatic carbocycles. The van der Waals surface area contributed by atoms with Crippen LogP contribution in [0, 0.1) is 0 Å². The summed E-state index contributed by atoms with van der Waals surface area (Å²) in [4.78, 5) is 22.6. The van der Waals surface area contributed by atoms with Gasteiger partial charge in [0, 0.05) is 6.92 Å². The second-order valence-electron chi connectivity index (χ2n) is 3.95. The lowest BCUT2D eigenvalue weighted by atomic mass is 10.2. The molecule has 0 amide bonds. The standard InChI is InChI=1S/C14H18O5/c1-4-5-8-18-14(16)11-6-7-12(19-10(2)15)13(9-11)17-3/h6-7,9H,4-5,8H2,1-3H3. The molecule has 0 spiro atoms. The molecular weight excluding hydrogens is 248 g/mol. The Morgan fingerprint density at radius 1 is 1.21 bits per heavy atom. The first-order chi connectivity index (χ1) is 9.08. The van der Waals surface area contributed by atoms with Gasteiger partial charge in [-0.25, -0.2) is 4.79 Å². The van der Waals surface area contributed by atoms with Gasteiger partial charge >= 0.3 is 11.9 Å². The zero-order valence-electron chi connectivity index (χ0n) is 11.4. The van der Waals surface area contributed by atoms with Crippen molar-refractivity contribution in [3.8, 4) is 11.5 Å². The molecule has 0 saturated carbocycles. The van der Waals surface area contributed by atoms with E-state index in [1.807, 2.05) is 6.92 Å². The van der Waals surface area contributed by atoms with Gasteiger partial charge in [0.2, 0.25) is 0 Å². The van der Waals surface area contributed by atoms with Gasteiger partial charge in [-0.3, -0.25) is 4.79 Å². The number of carbonyl (C=O) groups is 2. The predicted molar refractivity (Wildman–Crippen MR) is 69.5 cm³/mol. The fourth-order valence-corrected chi connectivity index (χ4v) is 1.43. The van der Waals surface area contributed by atoms with E-state index in [4.69, 9.17) is 14.2 Å². The molecule has 19 heavy (non-hydrogen) atoms. The van der Waals surface area contributed by atoms with Gasteiger partial charge in [-0.1, -0.05) is 13.3 Å². The summed E-state index contributed by atoms with van der Waals surface area (Å²) in [6, 6.07) is 4.54. The van der Waals surface area contributed by atoms with Crippen LogP contribution < -0.4 is 9.47 Å². The summed E-state index contributed by atoms with van der Waals surface area (Å²) in [6.07, 6.45) is 1.79. The molecular formula is C14H18O5. The van der Waals surface area contributed by atoms with Crippen LogP contribution in [0.2, 0.25) is 0 Å². The number of benzene rings is 1. The van der Waals surface area contributed by atoms with Crippen molar-refractivity contribution in [3.63, 3.8) is 0 Å². The van der Waals surface area contributed by atoms with Gasteiger partial charge < -0.3 is 14.2 Å². The summed E-state index contributed by atoms with van der Waals surface area (Å²) in [5.74, 6) is -0.266. The number of carbonyl (C=O) groups excluding carboxylic acids is 2. The molecule has 0 aromatic heterocycles. The molecule has 104 valence electrons. The third-order valence-electron chi connectivity index (χ3n) is 2.38. The van der Waals surface area contributed by atoms with Crippen molar-refractivity contribution in [2.45, 2.75) is 26.7 Å². The maximum atomic E-state index is 11.7. The summed E-state index contributed by atoms with van der Waals surface area (Å²) in [5.41, 5.74) is 0.365. The fraction of sp³-hybridized carbons (Fsp3) is 0.429. The number of rotatable bonds is 6. The van der Waals surface area contributed by atoms with Crippen molar-refractivity contribution in [2.24, 2.45) is 0 Å². The lowest BCUT2D eigenvalue weighted by molar-refractivity contribution is -0.132. The number of methoxy groups -OCH3 is 1. The van der Waals surface area contributed by atoms with Gasteiger partial charge in [0.05, 0.1) is 19.3 Å². The molecule has 0 fully saturated rings. The van der Waals surface area contributed by atoms with E-state index in [0.29, 0.717) is 17.9 Å². The van der Waals surface area contributed by atoms with Crippen LogP contribution in [0.25, 0.3) is 0 Å². The second kappa shape index (κ2) is 7.41. The monoisotopic (exact) mass is 266 g/mol. The van der Waals surface area contributed by atoms with Gasteiger partial charge in [0.1, 0.15) is 0 Å². The van der Waals surface area contributed by atoms with Crippen molar-refractivity contribution in [1.29, 1.82) is 0 Å². The summed E-state index contributed by atoms with van der Waals surface area (Å²) >= 11 is 0. The highest BCUT2D eigenvalue weighted by molar-refractivity contribution is 5.90. The molecule has 0 radical (unpaired) electrons. The van der Waals surface area contributed by atoms with E-state index in [1.165, 1.54) is 32.2 Å². The Hall–Kier alpha value is -2.04. The average molecular weight is 266 g/mol. The minimum absolute atomic E-state index is 0.278. The maximum Gasteiger partial charge on any atom is 0.338 e. The Morgan fingerprint density at radius 3 is 2.53 bits per heavy atom. The molecule has 0 aliphatic rings. The highest BCUT2D eigenvalue weighted by atomic mass is 16.6. The first-order valence-corrected chi connectivity index (χ1v) is 6.12. The van der Waals surface area contributed by atoms with E-state index < -0.39 is 11.9 Å². The van der Waals surface area contributed by atoms with Crippen molar-refractivity contribution < 1.29 is 23.8 Å². The zero-order chi connectivity index (χ0) is 14.3. The lowest BCUT2D eigenvalue weighted by Gasteiger charge is -2.09. The minimum atomic E-state index is -0.448. The summed E-state index contributed by atoms with van der Waals surface area (Å²) in [6.45, 7) is 3.71. The number of ether oxygens (including phenoxy) is 3. The van der Waals surface area contributed by atoms with Crippen molar-refractivity contribution in [2.75, 3.05) is 13.7 Å². The van der Waals surface area contributed by atoms with Gasteiger partial charge in [-0.2, -0.15) is 0 Å². The van der Waals surface area contributed by atoms with Crippen LogP contribution in [-0.4, -0.2) is 25.7 Å². The quantitative estimate of drug-likeness (QED) is 0.450. The van der Waals surface area contributed by atoms with E-state index >= 15 is 0 Å². The van der Waals surface area contributed by atoms with E-state index in [0.717, 1.165) is 12.8 Å². The first kappa shape index (κ1) is 15.0. The Labute approximate surface area is 112 Å². The molecule has 0 N–H and O–H groups in total. The van der Waals surface area contributed by atoms with Gasteiger partial charge in [-0.15, -0.1) is 0 Å². The lowest BCUT2D eigenvalue weighted by Crippen LogP contribution is -2.08. The third kappa shape index (κ3) is 4.62. The van der Waals surface area contributed by atoms with Crippen LogP contribution in [0.4, 0.5) is 0 Å². The van der Waals surface area contributed by atoms with Crippen LogP contribution in [-0.2, 0) is 9.53 Å². The Kier molecular flexibility index (Phi) is 5.85. The molecule has 0 heterocycles. The van der Waals surface area contributed by atoms with Gasteiger partial charge in [0.25, 0.3) is 0 Å². The number of hydrogen-bond donors (Lipinski definition) is 0. The number of hydrogen-bond acceptors (Lipinski definition) is 5. The van der Waals surface area contributed by atoms with E-state index in [9.17, 15) is 9.59 Å². The highest BCUT2D eigenvalue weighted by Crippen LogP contribution is 2.28. The molecule has 1 aromatic carbocycles. The normalized spacial score (nSPS) is 9.84. The molecule has 0 bridgehead atoms. The van der Waals surface area contributed by atoms with E-state index in [2.05, 4.69) is 0 Å². The molecule has 0 unspecified atom stereocenters. The van der Waals surface area contributed by atoms with Crippen LogP contribution in [0.5, 0.6) is 11.5 Å². The molecule has 0 saturated heterocycles. The third-order valence-corrected chi connectivity index (χ3v) is 2.38. The fourth-order valence-electron chi connectivity index (χ4n) is 1.43. The zero-order valence-corrected chi connectivity index (χ0v) is 11.4. The van der Waals surface area contributed by atoms with Crippen molar-refractivity contribution >= 4 is 11.9 Å². The molecule has 1 aromatic rings. The maximum absolute atomic E-state index is 11.7. The van der Waals surface area contributed by atoms with Crippen molar-refractivity contribution in [3.05, 3.63) is 23.8 Å². The SMILES string of the molecule is CCCCOC(=O)c1ccc(OC(C)=O)c(OC)c1. The second-order valence-corrected chi connectivity index (χ2v) is 3.95. The topological polar surface area (TPSA) is 61.8 Å². The molecule has 1 rings (SSSR count). The summed E-state index contributed by atoms with van der Waals surface area (Å²) < 4.78 is 15.1. The Balaban J connectivity index is 2.81. The summed E-state index contributed by atoms with van der Waals surface area (Å²) in [7, 11) is 1.44. The Morgan fingerprint density at radius 2 is 1.95 bits per heavy atom. The smallest absolute Gasteiger partial charge is 0.338 e. The van der Waals surface area contributed by atoms with Crippen LogP contribution in [0.3, 0.4) is 0 Å². The molecule has 5 nitrogen and oxygen atoms in total. The number of esters is 2. The van der Waals surface area contributed by atoms with Gasteiger partial charge in [-0.05, 0) is 24.6 Å². The Bertz CT molecular complexity index is 453. The largest absolute Gasteiger partial charge is 0.493 e. The highest BCUT2D eigenvalue weighted by Gasteiger charge is 2.13. The molecule has 0 atom stereocenters. The summed E-state index contributed by atoms with van der Waals surface area (Å²) in [5, 5.41) is 0. The first-order valence-electron chi connectivity index (χ1n) is 6.12. The van der Waals surface area contributed by atoms with Crippen LogP contribution in [0.15, 0.2) is 18.2 Å². The molecule has 0 aliphatic heterocycles. The average Bonchev–Trinajstić information content (AvgIpc) is 2.38. The van der Waals surface area contributed by atoms with Gasteiger partial charge in [0.15, 0.2) is 11.5 Å². The van der Waals surface area contributed by atoms with Crippen molar-refractivity contribution in [1.82, 2.24) is 0 Å². The van der Waals surface area contributed by atoms with E-state index in [1.54, 1.807) is 0 Å². The predicted octanol–water partition coefficient (Wildman–Crippen LogP) is 2.58. The number of unbranched alkanes of at least 4 members (excludes halogenated alkanes) is 1. The van der Waals surface area contributed by atoms with Crippen LogP contribution >= 0.6 is 0 Å².